The number of nitrogens with zero attached hydrogens (tertiary/aromatic N) is 1. The van der Waals surface area contributed by atoms with E-state index < -0.39 is 80.6 Å². The van der Waals surface area contributed by atoms with Gasteiger partial charge in [-0.05, 0) is 55.3 Å². The summed E-state index contributed by atoms with van der Waals surface area (Å²) in [7, 11) is -5.16. The third-order valence-corrected chi connectivity index (χ3v) is 8.70. The summed E-state index contributed by atoms with van der Waals surface area (Å²) in [5.41, 5.74) is 1.13. The van der Waals surface area contributed by atoms with Gasteiger partial charge in [-0.3, -0.25) is 14.6 Å². The number of benzene rings is 2. The number of hydrogen-bond donors (Lipinski definition) is 8. The number of phosphoric acid groups is 1. The minimum atomic E-state index is -5.16. The number of ether oxygens (including phenoxy) is 4. The average Bonchev–Trinajstić information content (AvgIpc) is 3.64. The zero-order valence-electron chi connectivity index (χ0n) is 26.0. The van der Waals surface area contributed by atoms with Crippen molar-refractivity contribution < 1.29 is 73.0 Å². The molecule has 49 heavy (non-hydrogen) atoms. The van der Waals surface area contributed by atoms with E-state index in [4.69, 9.17) is 39.9 Å². The fourth-order valence-electron chi connectivity index (χ4n) is 5.55. The van der Waals surface area contributed by atoms with Crippen molar-refractivity contribution in [2.24, 2.45) is 5.16 Å². The van der Waals surface area contributed by atoms with E-state index in [1.54, 1.807) is 24.3 Å². The first-order chi connectivity index (χ1) is 23.1. The molecule has 0 radical (unpaired) electrons. The number of halogens is 1. The number of oxime groups is 1. The standard InChI is InChI=1S/C30H36ClN2O15P/c1-13(29(39)32-20-21(34)23(36)28-27(22(20)35)43-12-44-28)8-15-6-7-18(19(10-15)48-49(40,41)42)46-30-25(38)24(37)26(47-30)14(2)33-45-11-16-4-3-5-17(31)9-16/h3-10,20-28,30,34-38H,11-12H2,1-2H3,(H,32,39)(H2,40,41,42)/b13-8+,33-14-/t20-,21+,22-,23-,24+,25?,26-,27+,28-,30-/m1/s1. The molecule has 8 N–H and O–H groups in total. The lowest BCUT2D eigenvalue weighted by atomic mass is 9.83. The molecule has 2 aliphatic heterocycles. The van der Waals surface area contributed by atoms with Crippen molar-refractivity contribution >= 4 is 37.1 Å². The van der Waals surface area contributed by atoms with Gasteiger partial charge in [-0.25, -0.2) is 4.57 Å². The van der Waals surface area contributed by atoms with Gasteiger partial charge in [0.25, 0.3) is 0 Å². The fourth-order valence-corrected chi connectivity index (χ4v) is 6.16. The number of phosphoric ester groups is 1. The Bertz CT molecular complexity index is 1620. The number of aliphatic hydroxyl groups excluding tert-OH is 5. The normalized spacial score (nSPS) is 32.0. The van der Waals surface area contributed by atoms with E-state index in [1.807, 2.05) is 0 Å². The van der Waals surface area contributed by atoms with Crippen molar-refractivity contribution in [3.8, 4) is 11.5 Å². The number of nitrogens with one attached hydrogen (secondary N) is 1. The van der Waals surface area contributed by atoms with Crippen LogP contribution in [0.1, 0.15) is 25.0 Å². The van der Waals surface area contributed by atoms with Crippen LogP contribution in [0.5, 0.6) is 11.5 Å². The molecule has 10 atom stereocenters. The van der Waals surface area contributed by atoms with Gasteiger partial charge in [-0.1, -0.05) is 35.0 Å². The molecule has 19 heteroatoms. The maximum atomic E-state index is 13.0. The number of carbonyl (C=O) groups is 1. The Labute approximate surface area is 284 Å². The molecule has 1 unspecified atom stereocenters. The molecular formula is C30H36ClN2O15P. The lowest BCUT2D eigenvalue weighted by Gasteiger charge is -2.41. The van der Waals surface area contributed by atoms with Gasteiger partial charge in [-0.2, -0.15) is 0 Å². The van der Waals surface area contributed by atoms with Crippen LogP contribution in [-0.4, -0.2) is 115 Å². The quantitative estimate of drug-likeness (QED) is 0.0653. The minimum absolute atomic E-state index is 0.0308. The molecule has 3 aliphatic rings. The van der Waals surface area contributed by atoms with Crippen LogP contribution in [0, 0.1) is 0 Å². The summed E-state index contributed by atoms with van der Waals surface area (Å²) >= 11 is 5.97. The Kier molecular flexibility index (Phi) is 11.7. The summed E-state index contributed by atoms with van der Waals surface area (Å²) in [5, 5.41) is 59.7. The zero-order valence-corrected chi connectivity index (χ0v) is 27.6. The summed E-state index contributed by atoms with van der Waals surface area (Å²) in [6, 6.07) is 9.36. The van der Waals surface area contributed by atoms with Gasteiger partial charge in [0.2, 0.25) is 12.2 Å². The molecule has 1 amide bonds. The van der Waals surface area contributed by atoms with E-state index in [2.05, 4.69) is 10.5 Å². The Morgan fingerprint density at radius 1 is 0.980 bits per heavy atom. The van der Waals surface area contributed by atoms with Crippen LogP contribution in [0.15, 0.2) is 53.2 Å². The highest BCUT2D eigenvalue weighted by Crippen LogP contribution is 2.43. The van der Waals surface area contributed by atoms with Gasteiger partial charge in [0.15, 0.2) is 11.5 Å². The lowest BCUT2D eigenvalue weighted by Crippen LogP contribution is -2.67. The van der Waals surface area contributed by atoms with Gasteiger partial charge in [0, 0.05) is 10.6 Å². The number of fused-ring (bicyclic) bond motifs is 1. The van der Waals surface area contributed by atoms with Crippen molar-refractivity contribution in [1.29, 1.82) is 0 Å². The van der Waals surface area contributed by atoms with Crippen molar-refractivity contribution in [3.63, 3.8) is 0 Å². The topological polar surface area (TPSA) is 256 Å². The first-order valence-electron chi connectivity index (χ1n) is 14.9. The minimum Gasteiger partial charge on any atom is -0.458 e. The smallest absolute Gasteiger partial charge is 0.458 e. The Hall–Kier alpha value is -3.16. The monoisotopic (exact) mass is 730 g/mol. The maximum Gasteiger partial charge on any atom is 0.524 e. The van der Waals surface area contributed by atoms with E-state index in [0.717, 1.165) is 11.6 Å². The van der Waals surface area contributed by atoms with E-state index in [9.17, 15) is 44.7 Å². The second kappa shape index (κ2) is 15.4. The molecule has 0 spiro atoms. The van der Waals surface area contributed by atoms with Crippen LogP contribution in [-0.2, 0) is 35.0 Å². The van der Waals surface area contributed by atoms with Gasteiger partial charge >= 0.3 is 7.82 Å². The number of aliphatic hydroxyl groups is 5. The lowest BCUT2D eigenvalue weighted by molar-refractivity contribution is -0.155. The van der Waals surface area contributed by atoms with Crippen molar-refractivity contribution in [3.05, 3.63) is 64.2 Å². The third-order valence-electron chi connectivity index (χ3n) is 8.03. The molecule has 5 rings (SSSR count). The Morgan fingerprint density at radius 2 is 1.69 bits per heavy atom. The molecule has 0 aromatic heterocycles. The molecule has 2 heterocycles. The molecule has 2 aromatic carbocycles. The predicted octanol–water partition coefficient (Wildman–Crippen LogP) is -0.0444. The van der Waals surface area contributed by atoms with E-state index >= 15 is 0 Å². The van der Waals surface area contributed by atoms with Gasteiger partial charge in [0.05, 0.1) is 11.8 Å². The number of rotatable bonds is 11. The van der Waals surface area contributed by atoms with Crippen molar-refractivity contribution in [2.45, 2.75) is 81.6 Å². The van der Waals surface area contributed by atoms with Gasteiger partial charge in [0.1, 0.15) is 62.2 Å². The highest BCUT2D eigenvalue weighted by atomic mass is 35.5. The van der Waals surface area contributed by atoms with Crippen LogP contribution in [0.3, 0.4) is 0 Å². The first-order valence-corrected chi connectivity index (χ1v) is 16.8. The molecular weight excluding hydrogens is 695 g/mol. The number of amides is 1. The SMILES string of the molecule is C/C(=N/OCc1cccc(Cl)c1)[C@H]1O[C@@H](Oc2ccc(/C=C(\C)C(=O)N[C@@H]3[C@H](O)[C@@H](O)[C@H]4OCO[C@H]4[C@@H]3O)cc2OP(=O)(O)O)C(O)[C@@H]1O. The van der Waals surface area contributed by atoms with E-state index in [-0.39, 0.29) is 36.0 Å². The molecule has 0 bridgehead atoms. The molecule has 1 saturated carbocycles. The number of hydrogen-bond acceptors (Lipinski definition) is 14. The van der Waals surface area contributed by atoms with Crippen LogP contribution in [0.25, 0.3) is 6.08 Å². The molecule has 2 saturated heterocycles. The largest absolute Gasteiger partial charge is 0.524 e. The Morgan fingerprint density at radius 3 is 2.39 bits per heavy atom. The molecule has 268 valence electrons. The van der Waals surface area contributed by atoms with Crippen LogP contribution in [0.4, 0.5) is 0 Å². The molecule has 17 nitrogen and oxygen atoms in total. The van der Waals surface area contributed by atoms with Gasteiger partial charge in [-0.15, -0.1) is 0 Å². The fraction of sp³-hybridized carbons (Fsp3) is 0.467. The van der Waals surface area contributed by atoms with Crippen molar-refractivity contribution in [2.75, 3.05) is 6.79 Å². The molecule has 2 aromatic rings. The Balaban J connectivity index is 1.27. The maximum absolute atomic E-state index is 13.0. The first kappa shape index (κ1) is 37.1. The average molecular weight is 731 g/mol. The summed E-state index contributed by atoms with van der Waals surface area (Å²) in [5.74, 6) is -1.53. The summed E-state index contributed by atoms with van der Waals surface area (Å²) in [4.78, 5) is 37.4. The summed E-state index contributed by atoms with van der Waals surface area (Å²) in [6.45, 7) is 2.75. The van der Waals surface area contributed by atoms with Crippen molar-refractivity contribution in [1.82, 2.24) is 5.32 Å². The number of carbonyl (C=O) groups excluding carboxylic acids is 1. The van der Waals surface area contributed by atoms with E-state index in [0.29, 0.717) is 5.02 Å². The molecule has 1 aliphatic carbocycles. The highest BCUT2D eigenvalue weighted by molar-refractivity contribution is 7.46. The van der Waals surface area contributed by atoms with Crippen LogP contribution < -0.4 is 14.6 Å². The van der Waals surface area contributed by atoms with Crippen LogP contribution in [0.2, 0.25) is 5.02 Å². The van der Waals surface area contributed by atoms with E-state index in [1.165, 1.54) is 32.1 Å². The zero-order chi connectivity index (χ0) is 35.6. The second-order valence-corrected chi connectivity index (χ2v) is 13.2. The second-order valence-electron chi connectivity index (χ2n) is 11.6. The third kappa shape index (κ3) is 8.78. The van der Waals surface area contributed by atoms with Gasteiger partial charge < -0.3 is 59.2 Å². The molecule has 3 fully saturated rings. The van der Waals surface area contributed by atoms with Crippen LogP contribution >= 0.6 is 19.4 Å². The predicted molar refractivity (Wildman–Crippen MR) is 168 cm³/mol. The summed E-state index contributed by atoms with van der Waals surface area (Å²) < 4.78 is 38.4. The highest BCUT2D eigenvalue weighted by Gasteiger charge is 2.53. The summed E-state index contributed by atoms with van der Waals surface area (Å²) in [6.07, 6.45) is -10.9.